The summed E-state index contributed by atoms with van der Waals surface area (Å²) in [5.41, 5.74) is 3.25. The minimum Gasteiger partial charge on any atom is -0.480 e. The van der Waals surface area contributed by atoms with E-state index >= 15 is 0 Å². The number of carboxylic acid groups (broad SMARTS) is 1. The number of pyridine rings is 1. The smallest absolute Gasteiger partial charge is 0.323 e. The van der Waals surface area contributed by atoms with Gasteiger partial charge in [-0.25, -0.2) is 0 Å². The van der Waals surface area contributed by atoms with Crippen molar-refractivity contribution in [1.29, 1.82) is 0 Å². The molecule has 1 N–H and O–H groups in total. The van der Waals surface area contributed by atoms with Gasteiger partial charge in [0.1, 0.15) is 6.54 Å². The first-order valence-corrected chi connectivity index (χ1v) is 8.16. The molecule has 1 aromatic heterocycles. The van der Waals surface area contributed by atoms with Crippen molar-refractivity contribution in [3.63, 3.8) is 0 Å². The van der Waals surface area contributed by atoms with Crippen LogP contribution >= 0.6 is 0 Å². The monoisotopic (exact) mass is 341 g/mol. The van der Waals surface area contributed by atoms with Gasteiger partial charge in [0.15, 0.2) is 0 Å². The van der Waals surface area contributed by atoms with Gasteiger partial charge >= 0.3 is 5.97 Å². The lowest BCUT2D eigenvalue weighted by atomic mass is 10.0. The van der Waals surface area contributed by atoms with Crippen LogP contribution in [0.2, 0.25) is 0 Å². The second kappa shape index (κ2) is 8.28. The average Bonchev–Trinajstić information content (AvgIpc) is 2.60. The minimum atomic E-state index is -1.02. The van der Waals surface area contributed by atoms with Crippen LogP contribution in [-0.4, -0.2) is 54.1 Å². The Hall–Kier alpha value is -2.89. The van der Waals surface area contributed by atoms with Gasteiger partial charge in [-0.1, -0.05) is 19.1 Å². The number of benzene rings is 1. The molecule has 6 heteroatoms. The topological polar surface area (TPSA) is 73.7 Å². The molecule has 25 heavy (non-hydrogen) atoms. The number of aliphatic carboxylic acids is 1. The Morgan fingerprint density at radius 3 is 2.32 bits per heavy atom. The van der Waals surface area contributed by atoms with Gasteiger partial charge in [0.25, 0.3) is 5.91 Å². The lowest BCUT2D eigenvalue weighted by molar-refractivity contribution is -0.137. The number of anilines is 1. The van der Waals surface area contributed by atoms with Crippen molar-refractivity contribution in [2.75, 3.05) is 32.1 Å². The van der Waals surface area contributed by atoms with E-state index in [1.165, 1.54) is 11.1 Å². The van der Waals surface area contributed by atoms with Crippen molar-refractivity contribution in [2.45, 2.75) is 13.3 Å². The van der Waals surface area contributed by atoms with Gasteiger partial charge < -0.3 is 14.9 Å². The van der Waals surface area contributed by atoms with Crippen LogP contribution in [0.15, 0.2) is 42.7 Å². The molecule has 0 aliphatic rings. The maximum Gasteiger partial charge on any atom is 0.323 e. The average molecular weight is 341 g/mol. The minimum absolute atomic E-state index is 0.311. The molecular formula is C19H23N3O3. The van der Waals surface area contributed by atoms with Crippen LogP contribution in [0.5, 0.6) is 0 Å². The third-order valence-electron chi connectivity index (χ3n) is 3.81. The van der Waals surface area contributed by atoms with E-state index in [1.54, 1.807) is 12.3 Å². The third kappa shape index (κ3) is 4.79. The maximum atomic E-state index is 12.6. The van der Waals surface area contributed by atoms with Crippen molar-refractivity contribution in [3.8, 4) is 11.1 Å². The molecule has 0 saturated heterocycles. The van der Waals surface area contributed by atoms with E-state index in [0.29, 0.717) is 18.5 Å². The molecular weight excluding hydrogens is 318 g/mol. The zero-order valence-electron chi connectivity index (χ0n) is 14.8. The summed E-state index contributed by atoms with van der Waals surface area (Å²) < 4.78 is 0. The molecule has 2 rings (SSSR count). The number of hydrogen-bond donors (Lipinski definition) is 1. The van der Waals surface area contributed by atoms with Crippen LogP contribution in [0.3, 0.4) is 0 Å². The molecule has 0 aliphatic carbocycles. The lowest BCUT2D eigenvalue weighted by Gasteiger charge is -2.20. The molecule has 0 unspecified atom stereocenters. The number of amides is 1. The van der Waals surface area contributed by atoms with E-state index in [1.807, 2.05) is 50.2 Å². The SMILES string of the molecule is CCCN(CC(=O)O)C(=O)c1cncc(-c2ccc(N(C)C)cc2)c1. The van der Waals surface area contributed by atoms with E-state index in [-0.39, 0.29) is 12.5 Å². The zero-order valence-corrected chi connectivity index (χ0v) is 14.8. The summed E-state index contributed by atoms with van der Waals surface area (Å²) in [5, 5.41) is 9.00. The first-order valence-electron chi connectivity index (χ1n) is 8.16. The first kappa shape index (κ1) is 18.4. The van der Waals surface area contributed by atoms with E-state index in [4.69, 9.17) is 5.11 Å². The van der Waals surface area contributed by atoms with Gasteiger partial charge in [0, 0.05) is 44.3 Å². The molecule has 1 aromatic carbocycles. The molecule has 0 spiro atoms. The van der Waals surface area contributed by atoms with E-state index in [0.717, 1.165) is 16.8 Å². The predicted octanol–water partition coefficient (Wildman–Crippen LogP) is 2.75. The van der Waals surface area contributed by atoms with E-state index in [9.17, 15) is 9.59 Å². The Kier molecular flexibility index (Phi) is 6.11. The van der Waals surface area contributed by atoms with Gasteiger partial charge in [-0.2, -0.15) is 0 Å². The van der Waals surface area contributed by atoms with Crippen LogP contribution < -0.4 is 4.90 Å². The molecule has 6 nitrogen and oxygen atoms in total. The number of rotatable bonds is 7. The summed E-state index contributed by atoms with van der Waals surface area (Å²) in [6.07, 6.45) is 3.87. The quantitative estimate of drug-likeness (QED) is 0.838. The molecule has 0 fully saturated rings. The highest BCUT2D eigenvalue weighted by Gasteiger charge is 2.18. The molecule has 2 aromatic rings. The highest BCUT2D eigenvalue weighted by molar-refractivity contribution is 5.96. The zero-order chi connectivity index (χ0) is 18.4. The maximum absolute atomic E-state index is 12.6. The highest BCUT2D eigenvalue weighted by atomic mass is 16.4. The normalized spacial score (nSPS) is 10.4. The number of aromatic nitrogens is 1. The predicted molar refractivity (Wildman–Crippen MR) is 97.8 cm³/mol. The summed E-state index contributed by atoms with van der Waals surface area (Å²) in [7, 11) is 3.95. The summed E-state index contributed by atoms with van der Waals surface area (Å²) in [6, 6.07) is 9.70. The Bertz CT molecular complexity index is 742. The number of hydrogen-bond acceptors (Lipinski definition) is 4. The largest absolute Gasteiger partial charge is 0.480 e. The van der Waals surface area contributed by atoms with Crippen LogP contribution in [0.1, 0.15) is 23.7 Å². The molecule has 1 amide bonds. The molecule has 0 atom stereocenters. The second-order valence-electron chi connectivity index (χ2n) is 6.02. The number of carbonyl (C=O) groups is 2. The van der Waals surface area contributed by atoms with Gasteiger partial charge in [-0.05, 0) is 30.2 Å². The molecule has 0 radical (unpaired) electrons. The van der Waals surface area contributed by atoms with Gasteiger partial charge in [0.05, 0.1) is 5.56 Å². The van der Waals surface area contributed by atoms with E-state index < -0.39 is 5.97 Å². The standard InChI is InChI=1S/C19H23N3O3/c1-4-9-22(13-18(23)24)19(25)16-10-15(11-20-12-16)14-5-7-17(8-6-14)21(2)3/h5-8,10-12H,4,9,13H2,1-3H3,(H,23,24). The molecule has 0 bridgehead atoms. The highest BCUT2D eigenvalue weighted by Crippen LogP contribution is 2.23. The van der Waals surface area contributed by atoms with Crippen molar-refractivity contribution >= 4 is 17.6 Å². The fraction of sp³-hybridized carbons (Fsp3) is 0.316. The van der Waals surface area contributed by atoms with Crippen molar-refractivity contribution in [3.05, 3.63) is 48.3 Å². The number of carboxylic acids is 1. The summed E-state index contributed by atoms with van der Waals surface area (Å²) in [4.78, 5) is 31.1. The fourth-order valence-electron chi connectivity index (χ4n) is 2.53. The van der Waals surface area contributed by atoms with Crippen LogP contribution in [0.4, 0.5) is 5.69 Å². The molecule has 0 saturated carbocycles. The second-order valence-corrected chi connectivity index (χ2v) is 6.02. The van der Waals surface area contributed by atoms with Crippen LogP contribution in [0, 0.1) is 0 Å². The number of nitrogens with zero attached hydrogens (tertiary/aromatic N) is 3. The van der Waals surface area contributed by atoms with E-state index in [2.05, 4.69) is 4.98 Å². The third-order valence-corrected chi connectivity index (χ3v) is 3.81. The Morgan fingerprint density at radius 1 is 1.08 bits per heavy atom. The Labute approximate surface area is 147 Å². The Morgan fingerprint density at radius 2 is 1.76 bits per heavy atom. The van der Waals surface area contributed by atoms with Gasteiger partial charge in [0.2, 0.25) is 0 Å². The molecule has 1 heterocycles. The summed E-state index contributed by atoms with van der Waals surface area (Å²) in [5.74, 6) is -1.34. The molecule has 132 valence electrons. The number of carbonyl (C=O) groups excluding carboxylic acids is 1. The van der Waals surface area contributed by atoms with Crippen LogP contribution in [-0.2, 0) is 4.79 Å². The van der Waals surface area contributed by atoms with Crippen molar-refractivity contribution in [1.82, 2.24) is 9.88 Å². The van der Waals surface area contributed by atoms with Gasteiger partial charge in [-0.3, -0.25) is 14.6 Å². The first-order chi connectivity index (χ1) is 11.9. The lowest BCUT2D eigenvalue weighted by Crippen LogP contribution is -2.36. The van der Waals surface area contributed by atoms with Crippen LogP contribution in [0.25, 0.3) is 11.1 Å². The van der Waals surface area contributed by atoms with Crippen molar-refractivity contribution in [2.24, 2.45) is 0 Å². The summed E-state index contributed by atoms with van der Waals surface area (Å²) in [6.45, 7) is 1.99. The molecule has 0 aliphatic heterocycles. The Balaban J connectivity index is 2.27. The fourth-order valence-corrected chi connectivity index (χ4v) is 2.53. The van der Waals surface area contributed by atoms with Gasteiger partial charge in [-0.15, -0.1) is 0 Å². The summed E-state index contributed by atoms with van der Waals surface area (Å²) >= 11 is 0. The van der Waals surface area contributed by atoms with Crippen molar-refractivity contribution < 1.29 is 14.7 Å².